The number of benzene rings is 1. The molecule has 0 saturated carbocycles. The zero-order valence-corrected chi connectivity index (χ0v) is 17.7. The van der Waals surface area contributed by atoms with Crippen LogP contribution in [-0.2, 0) is 19.4 Å². The molecule has 0 amide bonds. The molecule has 1 saturated heterocycles. The Hall–Kier alpha value is -2.38. The molecule has 7 heteroatoms. The molecule has 156 valence electrons. The van der Waals surface area contributed by atoms with Gasteiger partial charge in [0, 0.05) is 10.9 Å². The Labute approximate surface area is 179 Å². The summed E-state index contributed by atoms with van der Waals surface area (Å²) in [5, 5.41) is 8.72. The summed E-state index contributed by atoms with van der Waals surface area (Å²) in [6.45, 7) is 2.94. The van der Waals surface area contributed by atoms with E-state index in [4.69, 9.17) is 13.9 Å². The van der Waals surface area contributed by atoms with Crippen LogP contribution < -0.4 is 9.47 Å². The van der Waals surface area contributed by atoms with Gasteiger partial charge >= 0.3 is 0 Å². The molecule has 30 heavy (non-hydrogen) atoms. The van der Waals surface area contributed by atoms with Gasteiger partial charge in [0.25, 0.3) is 5.89 Å². The van der Waals surface area contributed by atoms with Crippen LogP contribution >= 0.6 is 11.3 Å². The zero-order valence-electron chi connectivity index (χ0n) is 16.9. The van der Waals surface area contributed by atoms with E-state index in [1.165, 1.54) is 41.7 Å². The van der Waals surface area contributed by atoms with Crippen LogP contribution in [0.1, 0.15) is 53.6 Å². The highest BCUT2D eigenvalue weighted by molar-refractivity contribution is 7.15. The minimum atomic E-state index is 0.338. The number of nitrogens with zero attached hydrogens (tertiary/aromatic N) is 3. The van der Waals surface area contributed by atoms with Gasteiger partial charge in [0.2, 0.25) is 5.89 Å². The van der Waals surface area contributed by atoms with Crippen LogP contribution in [0.2, 0.25) is 0 Å². The SMILES string of the molecule is c1cc2c(cc1C1CCCN1Cc1nnc(-c3cc4c(s3)CCCC4)o1)OCCO2. The smallest absolute Gasteiger partial charge is 0.257 e. The lowest BCUT2D eigenvalue weighted by molar-refractivity contribution is 0.170. The van der Waals surface area contributed by atoms with Gasteiger partial charge in [-0.1, -0.05) is 6.07 Å². The summed E-state index contributed by atoms with van der Waals surface area (Å²) in [6.07, 6.45) is 7.23. The number of rotatable bonds is 4. The van der Waals surface area contributed by atoms with Gasteiger partial charge in [-0.15, -0.1) is 21.5 Å². The maximum atomic E-state index is 6.09. The number of ether oxygens (including phenoxy) is 2. The van der Waals surface area contributed by atoms with Crippen LogP contribution in [0.5, 0.6) is 11.5 Å². The number of hydrogen-bond acceptors (Lipinski definition) is 7. The van der Waals surface area contributed by atoms with Crippen molar-refractivity contribution < 1.29 is 13.9 Å². The summed E-state index contributed by atoms with van der Waals surface area (Å²) in [7, 11) is 0. The van der Waals surface area contributed by atoms with E-state index in [0.29, 0.717) is 37.6 Å². The average molecular weight is 424 g/mol. The first kappa shape index (κ1) is 18.4. The molecule has 2 aliphatic heterocycles. The molecular weight excluding hydrogens is 398 g/mol. The summed E-state index contributed by atoms with van der Waals surface area (Å²) in [5.74, 6) is 3.06. The van der Waals surface area contributed by atoms with Crippen molar-refractivity contribution in [3.8, 4) is 22.3 Å². The third kappa shape index (κ3) is 3.40. The monoisotopic (exact) mass is 423 g/mol. The van der Waals surface area contributed by atoms with Crippen LogP contribution in [0.3, 0.4) is 0 Å². The maximum Gasteiger partial charge on any atom is 0.257 e. The second-order valence-electron chi connectivity index (χ2n) is 8.30. The van der Waals surface area contributed by atoms with E-state index < -0.39 is 0 Å². The number of aromatic nitrogens is 2. The van der Waals surface area contributed by atoms with Gasteiger partial charge in [-0.2, -0.15) is 0 Å². The van der Waals surface area contributed by atoms with Gasteiger partial charge in [-0.05, 0) is 74.4 Å². The molecule has 1 fully saturated rings. The van der Waals surface area contributed by atoms with E-state index >= 15 is 0 Å². The van der Waals surface area contributed by atoms with E-state index in [-0.39, 0.29) is 0 Å². The Bertz CT molecular complexity index is 1040. The van der Waals surface area contributed by atoms with Crippen LogP contribution in [-0.4, -0.2) is 34.9 Å². The minimum Gasteiger partial charge on any atom is -0.486 e. The summed E-state index contributed by atoms with van der Waals surface area (Å²) in [6, 6.07) is 8.91. The lowest BCUT2D eigenvalue weighted by Gasteiger charge is -2.25. The predicted molar refractivity (Wildman–Crippen MR) is 114 cm³/mol. The van der Waals surface area contributed by atoms with Crippen LogP contribution in [0.25, 0.3) is 10.8 Å². The molecule has 1 aromatic carbocycles. The number of hydrogen-bond donors (Lipinski definition) is 0. The topological polar surface area (TPSA) is 60.6 Å². The summed E-state index contributed by atoms with van der Waals surface area (Å²) in [4.78, 5) is 5.04. The Kier molecular flexibility index (Phi) is 4.72. The molecule has 3 aliphatic rings. The van der Waals surface area contributed by atoms with Crippen molar-refractivity contribution >= 4 is 11.3 Å². The zero-order chi connectivity index (χ0) is 19.9. The molecule has 0 spiro atoms. The second kappa shape index (κ2) is 7.71. The molecule has 6 rings (SSSR count). The first-order valence-electron chi connectivity index (χ1n) is 10.9. The quantitative estimate of drug-likeness (QED) is 0.602. The van der Waals surface area contributed by atoms with Gasteiger partial charge in [0.1, 0.15) is 13.2 Å². The van der Waals surface area contributed by atoms with Crippen molar-refractivity contribution in [1.82, 2.24) is 15.1 Å². The van der Waals surface area contributed by atoms with E-state index in [1.54, 1.807) is 0 Å². The third-order valence-electron chi connectivity index (χ3n) is 6.33. The third-order valence-corrected chi connectivity index (χ3v) is 7.55. The highest BCUT2D eigenvalue weighted by Crippen LogP contribution is 2.39. The van der Waals surface area contributed by atoms with Crippen molar-refractivity contribution in [3.63, 3.8) is 0 Å². The fourth-order valence-corrected chi connectivity index (χ4v) is 6.02. The highest BCUT2D eigenvalue weighted by atomic mass is 32.1. The summed E-state index contributed by atoms with van der Waals surface area (Å²) < 4.78 is 17.5. The van der Waals surface area contributed by atoms with Crippen molar-refractivity contribution in [2.24, 2.45) is 0 Å². The van der Waals surface area contributed by atoms with Gasteiger partial charge in [-0.3, -0.25) is 4.90 Å². The van der Waals surface area contributed by atoms with E-state index in [0.717, 1.165) is 35.8 Å². The first-order chi connectivity index (χ1) is 14.8. The lowest BCUT2D eigenvalue weighted by atomic mass is 9.99. The molecule has 1 unspecified atom stereocenters. The predicted octanol–water partition coefficient (Wildman–Crippen LogP) is 4.79. The van der Waals surface area contributed by atoms with E-state index in [9.17, 15) is 0 Å². The number of thiophene rings is 1. The Morgan fingerprint density at radius 2 is 1.90 bits per heavy atom. The maximum absolute atomic E-state index is 6.09. The van der Waals surface area contributed by atoms with Crippen LogP contribution in [0.15, 0.2) is 28.7 Å². The van der Waals surface area contributed by atoms with Crippen molar-refractivity contribution in [2.75, 3.05) is 19.8 Å². The van der Waals surface area contributed by atoms with Gasteiger partial charge in [0.05, 0.1) is 11.4 Å². The molecule has 2 aromatic heterocycles. The Balaban J connectivity index is 1.20. The molecule has 1 atom stereocenters. The molecule has 4 heterocycles. The molecule has 1 aliphatic carbocycles. The molecular formula is C23H25N3O3S. The fraction of sp³-hybridized carbons (Fsp3) is 0.478. The molecule has 0 bridgehead atoms. The van der Waals surface area contributed by atoms with E-state index in [1.807, 2.05) is 17.4 Å². The standard InChI is InChI=1S/C23H25N3O3S/c1-2-6-20-16(4-1)13-21(30-20)23-25-24-22(29-23)14-26-9-3-5-17(26)15-7-8-18-19(12-15)28-11-10-27-18/h7-8,12-13,17H,1-6,9-11,14H2. The van der Waals surface area contributed by atoms with Crippen molar-refractivity contribution in [3.05, 3.63) is 46.2 Å². The molecule has 3 aromatic rings. The highest BCUT2D eigenvalue weighted by Gasteiger charge is 2.29. The van der Waals surface area contributed by atoms with Crippen molar-refractivity contribution in [1.29, 1.82) is 0 Å². The largest absolute Gasteiger partial charge is 0.486 e. The van der Waals surface area contributed by atoms with E-state index in [2.05, 4.69) is 33.3 Å². The minimum absolute atomic E-state index is 0.338. The summed E-state index contributed by atoms with van der Waals surface area (Å²) in [5.41, 5.74) is 2.74. The van der Waals surface area contributed by atoms with Crippen LogP contribution in [0, 0.1) is 0 Å². The lowest BCUT2D eigenvalue weighted by Crippen LogP contribution is -2.23. The Morgan fingerprint density at radius 1 is 1.00 bits per heavy atom. The summed E-state index contributed by atoms with van der Waals surface area (Å²) >= 11 is 1.82. The number of likely N-dealkylation sites (tertiary alicyclic amines) is 1. The number of aryl methyl sites for hydroxylation is 2. The second-order valence-corrected chi connectivity index (χ2v) is 9.44. The molecule has 6 nitrogen and oxygen atoms in total. The fourth-order valence-electron chi connectivity index (χ4n) is 4.85. The van der Waals surface area contributed by atoms with Gasteiger partial charge < -0.3 is 13.9 Å². The normalized spacial score (nSPS) is 21.0. The molecule has 0 radical (unpaired) electrons. The van der Waals surface area contributed by atoms with Crippen molar-refractivity contribution in [2.45, 2.75) is 51.1 Å². The Morgan fingerprint density at radius 3 is 2.83 bits per heavy atom. The average Bonchev–Trinajstić information content (AvgIpc) is 3.53. The van der Waals surface area contributed by atoms with Crippen LogP contribution in [0.4, 0.5) is 0 Å². The van der Waals surface area contributed by atoms with Gasteiger partial charge in [0.15, 0.2) is 11.5 Å². The van der Waals surface area contributed by atoms with Gasteiger partial charge in [-0.25, -0.2) is 0 Å². The molecule has 0 N–H and O–H groups in total. The number of fused-ring (bicyclic) bond motifs is 2. The first-order valence-corrected chi connectivity index (χ1v) is 11.7.